The van der Waals surface area contributed by atoms with Gasteiger partial charge in [-0.05, 0) is 53.0 Å². The number of anilines is 2. The Balaban J connectivity index is 1.24. The quantitative estimate of drug-likeness (QED) is 0.101. The molecule has 0 radical (unpaired) electrons. The Hall–Kier alpha value is -4.25. The molecule has 4 unspecified atom stereocenters. The number of fused-ring (bicyclic) bond motifs is 4. The summed E-state index contributed by atoms with van der Waals surface area (Å²) < 4.78 is 117. The minimum atomic E-state index is -5.03. The number of esters is 2. The number of pyridine rings is 1. The molecule has 7 rings (SSSR count). The highest BCUT2D eigenvalue weighted by molar-refractivity contribution is 7.48. The van der Waals surface area contributed by atoms with E-state index in [2.05, 4.69) is 24.9 Å². The van der Waals surface area contributed by atoms with Gasteiger partial charge in [0.25, 0.3) is 0 Å². The minimum absolute atomic E-state index is 0.0291. The number of nitrogens with two attached hydrogens (primary N) is 2. The van der Waals surface area contributed by atoms with E-state index in [0.717, 1.165) is 0 Å². The molecule has 2 saturated heterocycles. The van der Waals surface area contributed by atoms with Gasteiger partial charge in [0.15, 0.2) is 29.5 Å². The third-order valence-electron chi connectivity index (χ3n) is 11.5. The minimum Gasteiger partial charge on any atom is -0.437 e. The first-order chi connectivity index (χ1) is 29.3. The number of halogens is 2. The number of nitrogen functional groups attached to an aromatic ring is 2. The lowest BCUT2D eigenvalue weighted by Crippen LogP contribution is -2.36. The zero-order chi connectivity index (χ0) is 44.8. The molecule has 62 heavy (non-hydrogen) atoms. The van der Waals surface area contributed by atoms with Gasteiger partial charge < -0.3 is 30.2 Å². The number of alkyl halides is 2. The van der Waals surface area contributed by atoms with Gasteiger partial charge in [-0.25, -0.2) is 51.9 Å². The van der Waals surface area contributed by atoms with Gasteiger partial charge in [-0.2, -0.15) is 0 Å². The van der Waals surface area contributed by atoms with Crippen LogP contribution in [0.2, 0.25) is 0 Å². The molecule has 26 heteroatoms. The van der Waals surface area contributed by atoms with E-state index >= 15 is 8.78 Å². The number of carbonyl (C=O) groups excluding carboxylic acids is 2. The van der Waals surface area contributed by atoms with Gasteiger partial charge in [-0.3, -0.25) is 32.3 Å². The highest BCUT2D eigenvalue weighted by atomic mass is 31.2. The first-order valence-corrected chi connectivity index (χ1v) is 22.7. The topological polar surface area (TPSA) is 278 Å². The summed E-state index contributed by atoms with van der Waals surface area (Å²) >= 11 is 0. The van der Waals surface area contributed by atoms with Crippen LogP contribution in [0.25, 0.3) is 22.3 Å². The van der Waals surface area contributed by atoms with Gasteiger partial charge in [0.05, 0.1) is 48.4 Å². The Morgan fingerprint density at radius 3 is 2.03 bits per heavy atom. The highest BCUT2D eigenvalue weighted by Gasteiger charge is 2.55. The van der Waals surface area contributed by atoms with Gasteiger partial charge in [-0.15, -0.1) is 0 Å². The second kappa shape index (κ2) is 17.7. The number of phosphoric acid groups is 2. The van der Waals surface area contributed by atoms with Gasteiger partial charge >= 0.3 is 27.6 Å². The van der Waals surface area contributed by atoms with Crippen molar-refractivity contribution in [2.45, 2.75) is 104 Å². The molecule has 3 fully saturated rings. The second-order valence-electron chi connectivity index (χ2n) is 16.3. The fraction of sp³-hybridized carbons (Fsp3) is 0.639. The van der Waals surface area contributed by atoms with Crippen molar-refractivity contribution in [2.75, 3.05) is 38.3 Å². The first kappa shape index (κ1) is 45.8. The van der Waals surface area contributed by atoms with Gasteiger partial charge in [0.2, 0.25) is 13.6 Å². The number of carbonyl (C=O) groups is 2. The summed E-state index contributed by atoms with van der Waals surface area (Å²) in [5, 5.41) is 0. The van der Waals surface area contributed by atoms with Crippen molar-refractivity contribution >= 4 is 61.4 Å². The largest absolute Gasteiger partial charge is 0.478 e. The number of hydrogen-bond acceptors (Lipinski definition) is 20. The van der Waals surface area contributed by atoms with Crippen molar-refractivity contribution in [3.63, 3.8) is 0 Å². The molecule has 0 amide bonds. The molecular formula is C36H49F2N9O13P2. The van der Waals surface area contributed by atoms with Crippen molar-refractivity contribution in [3.05, 3.63) is 31.2 Å². The van der Waals surface area contributed by atoms with E-state index in [1.54, 1.807) is 41.5 Å². The molecule has 0 bridgehead atoms. The molecule has 1 saturated carbocycles. The van der Waals surface area contributed by atoms with Crippen LogP contribution in [0.1, 0.15) is 73.1 Å². The normalized spacial score (nSPS) is 31.0. The molecule has 6 heterocycles. The summed E-state index contributed by atoms with van der Waals surface area (Å²) in [6, 6.07) is 0.338. The maximum absolute atomic E-state index is 17.0. The van der Waals surface area contributed by atoms with E-state index in [9.17, 15) is 18.7 Å². The molecule has 2 aliphatic heterocycles. The summed E-state index contributed by atoms with van der Waals surface area (Å²) in [7, 11) is -10.1. The zero-order valence-electron chi connectivity index (χ0n) is 34.7. The summed E-state index contributed by atoms with van der Waals surface area (Å²) in [4.78, 5) is 46.5. The number of ether oxygens (including phenoxy) is 3. The molecule has 3 aliphatic rings. The molecule has 22 nitrogen and oxygen atoms in total. The molecule has 340 valence electrons. The first-order valence-electron chi connectivity index (χ1n) is 19.7. The lowest BCUT2D eigenvalue weighted by Gasteiger charge is -2.31. The average molecular weight is 916 g/mol. The van der Waals surface area contributed by atoms with Crippen LogP contribution in [0.3, 0.4) is 0 Å². The summed E-state index contributed by atoms with van der Waals surface area (Å²) in [6.45, 7) is 6.54. The van der Waals surface area contributed by atoms with Crippen LogP contribution in [0, 0.1) is 16.7 Å². The van der Waals surface area contributed by atoms with E-state index in [1.807, 2.05) is 0 Å². The van der Waals surface area contributed by atoms with E-state index in [-0.39, 0.29) is 40.3 Å². The van der Waals surface area contributed by atoms with Gasteiger partial charge in [-0.1, -0.05) is 13.8 Å². The van der Waals surface area contributed by atoms with Crippen molar-refractivity contribution in [1.29, 1.82) is 0 Å². The lowest BCUT2D eigenvalue weighted by molar-refractivity contribution is -0.162. The van der Waals surface area contributed by atoms with Crippen LogP contribution < -0.4 is 11.5 Å². The van der Waals surface area contributed by atoms with Crippen molar-refractivity contribution < 1.29 is 68.9 Å². The van der Waals surface area contributed by atoms with Crippen LogP contribution in [-0.4, -0.2) is 103 Å². The van der Waals surface area contributed by atoms with Crippen molar-refractivity contribution in [2.24, 2.45) is 16.7 Å². The maximum atomic E-state index is 17.0. The predicted molar refractivity (Wildman–Crippen MR) is 212 cm³/mol. The van der Waals surface area contributed by atoms with E-state index in [0.29, 0.717) is 12.8 Å². The molecule has 4 aromatic heterocycles. The number of rotatable bonds is 12. The van der Waals surface area contributed by atoms with Gasteiger partial charge in [0, 0.05) is 12.1 Å². The number of nitrogens with zero attached hydrogens (tertiary/aromatic N) is 7. The Kier molecular flexibility index (Phi) is 13.1. The average Bonchev–Trinajstić information content (AvgIpc) is 4.01. The zero-order valence-corrected chi connectivity index (χ0v) is 36.5. The Bertz CT molecular complexity index is 2230. The molecule has 4 aromatic rings. The fourth-order valence-corrected chi connectivity index (χ4v) is 9.47. The summed E-state index contributed by atoms with van der Waals surface area (Å²) in [6.07, 6.45) is -5.48. The van der Waals surface area contributed by atoms with Crippen LogP contribution in [0.4, 0.5) is 20.3 Å². The Morgan fingerprint density at radius 2 is 1.39 bits per heavy atom. The summed E-state index contributed by atoms with van der Waals surface area (Å²) in [5.41, 5.74) is 11.1. The molecule has 0 aromatic carbocycles. The fourth-order valence-electron chi connectivity index (χ4n) is 6.87. The number of imidazole rings is 2. The maximum Gasteiger partial charge on any atom is 0.478 e. The SMILES string of the molecule is CCC(C)(C)C(=O)OCOP1(=O)OC[C@H]2O[C@@H](n3cnc4c(N)ccnc43)C(F)[C@H]2OP(=O)(OCOC(=O)C(C)(C)CC)OC[C@H]2C[C@@H](n3cnc4c(N)ncnc43)C(F)[C@H]2O1. The lowest BCUT2D eigenvalue weighted by atomic mass is 9.91. The van der Waals surface area contributed by atoms with E-state index in [4.69, 9.17) is 52.8 Å². The van der Waals surface area contributed by atoms with Crippen molar-refractivity contribution in [1.82, 2.24) is 34.1 Å². The molecular weight excluding hydrogens is 866 g/mol. The molecule has 4 N–H and O–H groups in total. The highest BCUT2D eigenvalue weighted by Crippen LogP contribution is 2.59. The monoisotopic (exact) mass is 915 g/mol. The van der Waals surface area contributed by atoms with E-state index in [1.165, 1.54) is 40.4 Å². The number of phosphoric ester groups is 2. The smallest absolute Gasteiger partial charge is 0.437 e. The van der Waals surface area contributed by atoms with Crippen LogP contribution in [0.15, 0.2) is 31.2 Å². The van der Waals surface area contributed by atoms with Crippen LogP contribution in [0.5, 0.6) is 0 Å². The van der Waals surface area contributed by atoms with Crippen molar-refractivity contribution in [3.8, 4) is 0 Å². The van der Waals surface area contributed by atoms with Crippen LogP contribution in [-0.2, 0) is 60.1 Å². The molecule has 1 aliphatic carbocycles. The summed E-state index contributed by atoms with van der Waals surface area (Å²) in [5.74, 6) is -2.54. The Morgan fingerprint density at radius 1 is 0.806 bits per heavy atom. The van der Waals surface area contributed by atoms with Gasteiger partial charge in [0.1, 0.15) is 41.8 Å². The molecule has 10 atom stereocenters. The standard InChI is InChI=1S/C36H49F2N9O13P2/c1-7-35(3,4)33(48)52-17-56-61(50)54-12-19-11-21(46-15-45-26-29(40)42-14-43-31(26)46)23(37)27(19)59-62(51,57-18-53-34(49)36(5,6)8-2)55-13-22-28(60-61)24(38)32(58-22)47-16-44-25-20(39)9-10-41-30(25)47/h9-10,14-16,19,21-24,27-28,32H,7-8,11-13,17-18H2,1-6H3,(H2,39,41)(H2,40,42,43)/t19-,21-,22-,23?,24?,27+,28+,32-,61?,62?/m1/s1. The predicted octanol–water partition coefficient (Wildman–Crippen LogP) is 5.51. The number of hydrogen-bond donors (Lipinski definition) is 2. The third-order valence-corrected chi connectivity index (χ3v) is 14.3. The van der Waals surface area contributed by atoms with Crippen LogP contribution >= 0.6 is 15.6 Å². The second-order valence-corrected chi connectivity index (χ2v) is 19.5. The molecule has 0 spiro atoms. The third kappa shape index (κ3) is 9.07. The van der Waals surface area contributed by atoms with E-state index < -0.39 is 114 Å². The number of aromatic nitrogens is 7. The Labute approximate surface area is 353 Å².